The smallest absolute Gasteiger partial charge is 0.244 e. The molecule has 0 aliphatic carbocycles. The van der Waals surface area contributed by atoms with Crippen LogP contribution in [-0.2, 0) is 11.3 Å². The van der Waals surface area contributed by atoms with Gasteiger partial charge in [0, 0.05) is 50.8 Å². The number of benzene rings is 1. The summed E-state index contributed by atoms with van der Waals surface area (Å²) in [5, 5.41) is 6.39. The summed E-state index contributed by atoms with van der Waals surface area (Å²) in [6.45, 7) is 8.77. The second-order valence-electron chi connectivity index (χ2n) is 7.09. The number of aromatic nitrogens is 1. The lowest BCUT2D eigenvalue weighted by Crippen LogP contribution is -2.49. The Labute approximate surface area is 177 Å². The molecular weight excluding hydrogens is 384 g/mol. The van der Waals surface area contributed by atoms with Crippen LogP contribution in [-0.4, -0.2) is 73.0 Å². The molecule has 0 saturated carbocycles. The zero-order valence-corrected chi connectivity index (χ0v) is 18.3. The number of nitrogens with one attached hydrogen (secondary N) is 1. The maximum Gasteiger partial charge on any atom is 0.244 e. The number of guanidine groups is 1. The summed E-state index contributed by atoms with van der Waals surface area (Å²) in [6.07, 6.45) is 0. The molecule has 156 valence electrons. The van der Waals surface area contributed by atoms with Gasteiger partial charge in [0.15, 0.2) is 5.96 Å². The van der Waals surface area contributed by atoms with Crippen molar-refractivity contribution in [1.82, 2.24) is 20.1 Å². The van der Waals surface area contributed by atoms with Crippen molar-refractivity contribution < 1.29 is 4.79 Å². The third-order valence-corrected chi connectivity index (χ3v) is 5.70. The fourth-order valence-electron chi connectivity index (χ4n) is 3.36. The summed E-state index contributed by atoms with van der Waals surface area (Å²) in [4.78, 5) is 28.0. The molecule has 1 aromatic carbocycles. The summed E-state index contributed by atoms with van der Waals surface area (Å²) in [5.41, 5.74) is 2.23. The van der Waals surface area contributed by atoms with Crippen molar-refractivity contribution in [3.8, 4) is 0 Å². The van der Waals surface area contributed by atoms with E-state index >= 15 is 0 Å². The lowest BCUT2D eigenvalue weighted by atomic mass is 10.2. The van der Waals surface area contributed by atoms with Crippen LogP contribution in [0.4, 0.5) is 5.69 Å². The number of hydrogen-bond donors (Lipinski definition) is 1. The molecule has 0 atom stereocenters. The number of rotatable bonds is 6. The van der Waals surface area contributed by atoms with E-state index in [1.807, 2.05) is 48.9 Å². The van der Waals surface area contributed by atoms with Crippen molar-refractivity contribution in [3.63, 3.8) is 0 Å². The molecule has 1 fully saturated rings. The van der Waals surface area contributed by atoms with Crippen molar-refractivity contribution in [3.05, 3.63) is 46.4 Å². The Kier molecular flexibility index (Phi) is 7.46. The number of hydrogen-bond acceptors (Lipinski definition) is 5. The maximum atomic E-state index is 12.7. The van der Waals surface area contributed by atoms with E-state index < -0.39 is 0 Å². The summed E-state index contributed by atoms with van der Waals surface area (Å²) >= 11 is 1.64. The van der Waals surface area contributed by atoms with Crippen LogP contribution in [0, 0.1) is 6.92 Å². The Morgan fingerprint density at radius 3 is 2.59 bits per heavy atom. The standard InChI is InChI=1S/C21H30N6OS/c1-4-22-21(25(3)15-18-16-29-17(2)24-18)23-14-20(28)27-12-10-26(11-13-27)19-8-6-5-7-9-19/h5-9,16H,4,10-15H2,1-3H3,(H,22,23). The lowest BCUT2D eigenvalue weighted by molar-refractivity contribution is -0.129. The summed E-state index contributed by atoms with van der Waals surface area (Å²) < 4.78 is 0. The molecule has 3 rings (SSSR count). The van der Waals surface area contributed by atoms with Crippen molar-refractivity contribution in [2.45, 2.75) is 20.4 Å². The number of carbonyl (C=O) groups is 1. The molecule has 2 aromatic rings. The highest BCUT2D eigenvalue weighted by molar-refractivity contribution is 7.09. The third kappa shape index (κ3) is 5.93. The highest BCUT2D eigenvalue weighted by Crippen LogP contribution is 2.15. The predicted molar refractivity (Wildman–Crippen MR) is 120 cm³/mol. The average Bonchev–Trinajstić information content (AvgIpc) is 3.16. The molecule has 1 aliphatic heterocycles. The van der Waals surface area contributed by atoms with Gasteiger partial charge >= 0.3 is 0 Å². The third-order valence-electron chi connectivity index (χ3n) is 4.88. The predicted octanol–water partition coefficient (Wildman–Crippen LogP) is 2.20. The van der Waals surface area contributed by atoms with Crippen LogP contribution < -0.4 is 10.2 Å². The molecule has 1 N–H and O–H groups in total. The van der Waals surface area contributed by atoms with E-state index in [0.29, 0.717) is 6.54 Å². The van der Waals surface area contributed by atoms with Crippen LogP contribution in [0.15, 0.2) is 40.7 Å². The van der Waals surface area contributed by atoms with E-state index in [2.05, 4.69) is 37.7 Å². The van der Waals surface area contributed by atoms with E-state index in [-0.39, 0.29) is 12.5 Å². The molecule has 1 aliphatic rings. The van der Waals surface area contributed by atoms with Gasteiger partial charge in [-0.25, -0.2) is 9.98 Å². The summed E-state index contributed by atoms with van der Waals surface area (Å²) in [5.74, 6) is 0.806. The van der Waals surface area contributed by atoms with Crippen LogP contribution in [0.25, 0.3) is 0 Å². The molecule has 2 heterocycles. The van der Waals surface area contributed by atoms with Gasteiger partial charge in [-0.05, 0) is 26.0 Å². The zero-order valence-electron chi connectivity index (χ0n) is 17.5. The van der Waals surface area contributed by atoms with E-state index in [9.17, 15) is 4.79 Å². The van der Waals surface area contributed by atoms with E-state index in [0.717, 1.165) is 49.4 Å². The minimum Gasteiger partial charge on any atom is -0.368 e. The Morgan fingerprint density at radius 1 is 1.24 bits per heavy atom. The van der Waals surface area contributed by atoms with Gasteiger partial charge in [0.2, 0.25) is 5.91 Å². The number of anilines is 1. The number of aliphatic imine (C=N–C) groups is 1. The minimum absolute atomic E-state index is 0.0750. The molecule has 1 amide bonds. The molecule has 0 unspecified atom stereocenters. The van der Waals surface area contributed by atoms with Gasteiger partial charge in [0.05, 0.1) is 17.2 Å². The second-order valence-corrected chi connectivity index (χ2v) is 8.15. The van der Waals surface area contributed by atoms with E-state index in [1.54, 1.807) is 11.3 Å². The van der Waals surface area contributed by atoms with Gasteiger partial charge < -0.3 is 20.0 Å². The number of nitrogens with zero attached hydrogens (tertiary/aromatic N) is 5. The Hall–Kier alpha value is -2.61. The number of amides is 1. The Balaban J connectivity index is 1.53. The molecule has 0 spiro atoms. The van der Waals surface area contributed by atoms with Gasteiger partial charge in [0.1, 0.15) is 6.54 Å². The lowest BCUT2D eigenvalue weighted by Gasteiger charge is -2.36. The fraction of sp³-hybridized carbons (Fsp3) is 0.476. The van der Waals surface area contributed by atoms with Gasteiger partial charge in [-0.2, -0.15) is 0 Å². The molecule has 0 bridgehead atoms. The first-order chi connectivity index (χ1) is 14.1. The number of piperazine rings is 1. The van der Waals surface area contributed by atoms with Crippen LogP contribution >= 0.6 is 11.3 Å². The average molecular weight is 415 g/mol. The van der Waals surface area contributed by atoms with Crippen LogP contribution in [0.5, 0.6) is 0 Å². The normalized spacial score (nSPS) is 14.8. The largest absolute Gasteiger partial charge is 0.368 e. The molecule has 1 saturated heterocycles. The highest BCUT2D eigenvalue weighted by atomic mass is 32.1. The van der Waals surface area contributed by atoms with E-state index in [4.69, 9.17) is 0 Å². The van der Waals surface area contributed by atoms with Crippen molar-refractivity contribution in [2.24, 2.45) is 4.99 Å². The monoisotopic (exact) mass is 414 g/mol. The van der Waals surface area contributed by atoms with Gasteiger partial charge in [0.25, 0.3) is 0 Å². The molecule has 0 radical (unpaired) electrons. The SMILES string of the molecule is CCNC(=NCC(=O)N1CCN(c2ccccc2)CC1)N(C)Cc1csc(C)n1. The molecule has 7 nitrogen and oxygen atoms in total. The van der Waals surface area contributed by atoms with Crippen LogP contribution in [0.3, 0.4) is 0 Å². The zero-order chi connectivity index (χ0) is 20.6. The quantitative estimate of drug-likeness (QED) is 0.580. The van der Waals surface area contributed by atoms with Crippen LogP contribution in [0.1, 0.15) is 17.6 Å². The first kappa shape index (κ1) is 21.1. The topological polar surface area (TPSA) is 64.1 Å². The van der Waals surface area contributed by atoms with Crippen molar-refractivity contribution >= 4 is 28.9 Å². The van der Waals surface area contributed by atoms with Gasteiger partial charge in [-0.15, -0.1) is 11.3 Å². The van der Waals surface area contributed by atoms with Gasteiger partial charge in [-0.3, -0.25) is 4.79 Å². The molecule has 29 heavy (non-hydrogen) atoms. The molecule has 1 aromatic heterocycles. The number of para-hydroxylation sites is 1. The summed E-state index contributed by atoms with van der Waals surface area (Å²) in [7, 11) is 1.97. The highest BCUT2D eigenvalue weighted by Gasteiger charge is 2.21. The van der Waals surface area contributed by atoms with Gasteiger partial charge in [-0.1, -0.05) is 18.2 Å². The number of thiazole rings is 1. The Bertz CT molecular complexity index is 814. The first-order valence-corrected chi connectivity index (χ1v) is 10.9. The second kappa shape index (κ2) is 10.2. The number of aryl methyl sites for hydroxylation is 1. The molecular formula is C21H30N6OS. The molecule has 8 heteroatoms. The fourth-order valence-corrected chi connectivity index (χ4v) is 3.97. The Morgan fingerprint density at radius 2 is 1.97 bits per heavy atom. The van der Waals surface area contributed by atoms with E-state index in [1.165, 1.54) is 5.69 Å². The van der Waals surface area contributed by atoms with Crippen molar-refractivity contribution in [2.75, 3.05) is 51.2 Å². The number of carbonyl (C=O) groups excluding carboxylic acids is 1. The summed E-state index contributed by atoms with van der Waals surface area (Å²) in [6, 6.07) is 10.4. The first-order valence-electron chi connectivity index (χ1n) is 10.0. The maximum absolute atomic E-state index is 12.7. The van der Waals surface area contributed by atoms with Crippen LogP contribution in [0.2, 0.25) is 0 Å². The minimum atomic E-state index is 0.0750. The van der Waals surface area contributed by atoms with Crippen molar-refractivity contribution in [1.29, 1.82) is 0 Å².